The number of guanidine groups is 1. The number of rotatable bonds is 9. The number of aliphatic imine (C=N–C) groups is 1. The fraction of sp³-hybridized carbons (Fsp3) is 0.588. The van der Waals surface area contributed by atoms with Crippen LogP contribution in [0.2, 0.25) is 0 Å². The van der Waals surface area contributed by atoms with Crippen molar-refractivity contribution in [2.75, 3.05) is 26.2 Å². The van der Waals surface area contributed by atoms with Gasteiger partial charge in [-0.1, -0.05) is 30.3 Å². The van der Waals surface area contributed by atoms with Gasteiger partial charge in [-0.2, -0.15) is 0 Å². The van der Waals surface area contributed by atoms with Crippen LogP contribution in [0.25, 0.3) is 0 Å². The molecule has 0 aliphatic heterocycles. The maximum absolute atomic E-state index is 5.51. The van der Waals surface area contributed by atoms with Crippen molar-refractivity contribution in [3.05, 3.63) is 35.9 Å². The molecule has 4 nitrogen and oxygen atoms in total. The van der Waals surface area contributed by atoms with Crippen LogP contribution in [-0.4, -0.2) is 38.3 Å². The highest BCUT2D eigenvalue weighted by Gasteiger charge is 1.98. The normalized spacial score (nSPS) is 11.7. The summed E-state index contributed by atoms with van der Waals surface area (Å²) in [6, 6.07) is 10.5. The molecule has 0 saturated carbocycles. The van der Waals surface area contributed by atoms with Gasteiger partial charge in [0, 0.05) is 26.2 Å². The molecule has 0 unspecified atom stereocenters. The van der Waals surface area contributed by atoms with Gasteiger partial charge in [0.25, 0.3) is 0 Å². The van der Waals surface area contributed by atoms with Crippen molar-refractivity contribution >= 4 is 5.96 Å². The number of nitrogens with one attached hydrogen (secondary N) is 2. The zero-order chi connectivity index (χ0) is 15.3. The van der Waals surface area contributed by atoms with Crippen LogP contribution in [0.4, 0.5) is 0 Å². The Hall–Kier alpha value is -1.55. The van der Waals surface area contributed by atoms with Crippen LogP contribution in [0.3, 0.4) is 0 Å². The molecule has 1 rings (SSSR count). The van der Waals surface area contributed by atoms with Gasteiger partial charge in [0.15, 0.2) is 5.96 Å². The Kier molecular flexibility index (Phi) is 9.29. The number of hydrogen-bond acceptors (Lipinski definition) is 2. The Bertz CT molecular complexity index is 390. The van der Waals surface area contributed by atoms with Crippen LogP contribution in [0, 0.1) is 0 Å². The number of nitrogens with zero attached hydrogens (tertiary/aromatic N) is 1. The van der Waals surface area contributed by atoms with Crippen molar-refractivity contribution in [3.63, 3.8) is 0 Å². The smallest absolute Gasteiger partial charge is 0.191 e. The Morgan fingerprint density at radius 2 is 1.95 bits per heavy atom. The lowest BCUT2D eigenvalue weighted by Crippen LogP contribution is -2.38. The van der Waals surface area contributed by atoms with Crippen LogP contribution in [0.5, 0.6) is 0 Å². The predicted molar refractivity (Wildman–Crippen MR) is 89.8 cm³/mol. The number of ether oxygens (including phenoxy) is 1. The summed E-state index contributed by atoms with van der Waals surface area (Å²) in [7, 11) is 0. The molecule has 1 aromatic carbocycles. The molecule has 0 atom stereocenters. The first kappa shape index (κ1) is 17.5. The van der Waals surface area contributed by atoms with Gasteiger partial charge < -0.3 is 15.4 Å². The Morgan fingerprint density at radius 1 is 1.19 bits per heavy atom. The van der Waals surface area contributed by atoms with E-state index in [9.17, 15) is 0 Å². The van der Waals surface area contributed by atoms with E-state index in [1.54, 1.807) is 0 Å². The summed E-state index contributed by atoms with van der Waals surface area (Å²) in [6.45, 7) is 9.50. The maximum atomic E-state index is 5.51. The topological polar surface area (TPSA) is 45.7 Å². The van der Waals surface area contributed by atoms with Crippen LogP contribution in [0.1, 0.15) is 32.8 Å². The molecule has 0 aromatic heterocycles. The average Bonchev–Trinajstić information content (AvgIpc) is 2.47. The van der Waals surface area contributed by atoms with Gasteiger partial charge in [-0.05, 0) is 39.2 Å². The van der Waals surface area contributed by atoms with E-state index in [2.05, 4.69) is 60.7 Å². The van der Waals surface area contributed by atoms with Crippen LogP contribution >= 0.6 is 0 Å². The van der Waals surface area contributed by atoms with Crippen LogP contribution in [-0.2, 0) is 11.2 Å². The summed E-state index contributed by atoms with van der Waals surface area (Å²) in [6.07, 6.45) is 2.25. The molecule has 0 spiro atoms. The van der Waals surface area contributed by atoms with Crippen LogP contribution in [0.15, 0.2) is 35.3 Å². The first-order valence-corrected chi connectivity index (χ1v) is 7.90. The molecule has 4 heteroatoms. The fourth-order valence-electron chi connectivity index (χ4n) is 1.89. The zero-order valence-electron chi connectivity index (χ0n) is 13.6. The maximum Gasteiger partial charge on any atom is 0.191 e. The van der Waals surface area contributed by atoms with Gasteiger partial charge in [0.05, 0.1) is 6.10 Å². The third-order valence-electron chi connectivity index (χ3n) is 2.92. The van der Waals surface area contributed by atoms with E-state index in [0.717, 1.165) is 45.0 Å². The van der Waals surface area contributed by atoms with E-state index < -0.39 is 0 Å². The molecular formula is C17H29N3O. The summed E-state index contributed by atoms with van der Waals surface area (Å²) in [5.41, 5.74) is 1.34. The second-order valence-corrected chi connectivity index (χ2v) is 5.20. The summed E-state index contributed by atoms with van der Waals surface area (Å²) < 4.78 is 5.51. The minimum absolute atomic E-state index is 0.297. The number of benzene rings is 1. The minimum Gasteiger partial charge on any atom is -0.379 e. The highest BCUT2D eigenvalue weighted by atomic mass is 16.5. The lowest BCUT2D eigenvalue weighted by Gasteiger charge is -2.11. The molecule has 0 fully saturated rings. The highest BCUT2D eigenvalue weighted by molar-refractivity contribution is 5.79. The molecule has 2 N–H and O–H groups in total. The van der Waals surface area contributed by atoms with E-state index in [-0.39, 0.29) is 0 Å². The lowest BCUT2D eigenvalue weighted by atomic mass is 10.1. The van der Waals surface area contributed by atoms with Gasteiger partial charge in [0.2, 0.25) is 0 Å². The van der Waals surface area contributed by atoms with E-state index in [0.29, 0.717) is 6.10 Å². The molecule has 0 heterocycles. The van der Waals surface area contributed by atoms with E-state index >= 15 is 0 Å². The average molecular weight is 291 g/mol. The molecule has 118 valence electrons. The summed E-state index contributed by atoms with van der Waals surface area (Å²) >= 11 is 0. The molecule has 21 heavy (non-hydrogen) atoms. The van der Waals surface area contributed by atoms with Crippen molar-refractivity contribution in [2.45, 2.75) is 39.7 Å². The van der Waals surface area contributed by atoms with Crippen molar-refractivity contribution in [1.29, 1.82) is 0 Å². The highest BCUT2D eigenvalue weighted by Crippen LogP contribution is 1.98. The standard InChI is InChI=1S/C17H29N3O/c1-4-18-17(19-12-8-14-21-15(2)3)20-13-11-16-9-6-5-7-10-16/h5-7,9-10,15H,4,8,11-14H2,1-3H3,(H2,18,19,20). The fourth-order valence-corrected chi connectivity index (χ4v) is 1.89. The van der Waals surface area contributed by atoms with Gasteiger partial charge >= 0.3 is 0 Å². The first-order valence-electron chi connectivity index (χ1n) is 7.90. The van der Waals surface area contributed by atoms with Crippen LogP contribution < -0.4 is 10.6 Å². The third kappa shape index (κ3) is 9.08. The van der Waals surface area contributed by atoms with E-state index in [1.807, 2.05) is 6.07 Å². The van der Waals surface area contributed by atoms with Gasteiger partial charge in [-0.25, -0.2) is 0 Å². The van der Waals surface area contributed by atoms with Gasteiger partial charge in [-0.15, -0.1) is 0 Å². The summed E-state index contributed by atoms with van der Waals surface area (Å²) in [5, 5.41) is 6.63. The summed E-state index contributed by atoms with van der Waals surface area (Å²) in [4.78, 5) is 4.56. The molecule has 0 aliphatic carbocycles. The monoisotopic (exact) mass is 291 g/mol. The molecule has 0 bridgehead atoms. The van der Waals surface area contributed by atoms with Crippen molar-refractivity contribution in [1.82, 2.24) is 10.6 Å². The molecule has 0 aliphatic rings. The third-order valence-corrected chi connectivity index (χ3v) is 2.92. The van der Waals surface area contributed by atoms with Crippen molar-refractivity contribution in [2.24, 2.45) is 4.99 Å². The number of hydrogen-bond donors (Lipinski definition) is 2. The Labute approximate surface area is 129 Å². The van der Waals surface area contributed by atoms with Crippen molar-refractivity contribution in [3.8, 4) is 0 Å². The molecule has 0 saturated heterocycles. The lowest BCUT2D eigenvalue weighted by molar-refractivity contribution is 0.0782. The summed E-state index contributed by atoms with van der Waals surface area (Å²) in [5.74, 6) is 0.887. The SMILES string of the molecule is CCNC(=NCCCOC(C)C)NCCc1ccccc1. The quantitative estimate of drug-likeness (QED) is 0.418. The minimum atomic E-state index is 0.297. The Morgan fingerprint density at radius 3 is 2.62 bits per heavy atom. The largest absolute Gasteiger partial charge is 0.379 e. The molecule has 0 radical (unpaired) electrons. The molecular weight excluding hydrogens is 262 g/mol. The van der Waals surface area contributed by atoms with Crippen molar-refractivity contribution < 1.29 is 4.74 Å². The Balaban J connectivity index is 2.25. The second-order valence-electron chi connectivity index (χ2n) is 5.20. The predicted octanol–water partition coefficient (Wildman–Crippen LogP) is 2.60. The van der Waals surface area contributed by atoms with Gasteiger partial charge in [0.1, 0.15) is 0 Å². The van der Waals surface area contributed by atoms with Gasteiger partial charge in [-0.3, -0.25) is 4.99 Å². The van der Waals surface area contributed by atoms with E-state index in [4.69, 9.17) is 4.74 Å². The zero-order valence-corrected chi connectivity index (χ0v) is 13.6. The molecule has 0 amide bonds. The second kappa shape index (κ2) is 11.1. The van der Waals surface area contributed by atoms with E-state index in [1.165, 1.54) is 5.56 Å². The molecule has 1 aromatic rings. The first-order chi connectivity index (χ1) is 10.2.